The molecule has 4 nitrogen and oxygen atoms in total. The Morgan fingerprint density at radius 3 is 3.06 bits per heavy atom. The van der Waals surface area contributed by atoms with E-state index in [1.165, 1.54) is 0 Å². The van der Waals surface area contributed by atoms with Gasteiger partial charge in [-0.1, -0.05) is 12.1 Å². The first-order valence-corrected chi connectivity index (χ1v) is 6.10. The number of amides is 1. The maximum absolute atomic E-state index is 10.4. The fourth-order valence-electron chi connectivity index (χ4n) is 1.74. The van der Waals surface area contributed by atoms with Gasteiger partial charge in [0.15, 0.2) is 0 Å². The first-order chi connectivity index (χ1) is 8.22. The summed E-state index contributed by atoms with van der Waals surface area (Å²) in [5, 5.41) is 14.1. The van der Waals surface area contributed by atoms with Crippen LogP contribution in [0.2, 0.25) is 0 Å². The highest BCUT2D eigenvalue weighted by Gasteiger charge is 2.08. The van der Waals surface area contributed by atoms with Gasteiger partial charge in [0, 0.05) is 6.54 Å². The molecular weight excluding hydrogens is 238 g/mol. The molecule has 0 radical (unpaired) electrons. The third kappa shape index (κ3) is 2.50. The van der Waals surface area contributed by atoms with Crippen LogP contribution in [-0.2, 0) is 6.42 Å². The largest absolute Gasteiger partial charge is 0.495 e. The van der Waals surface area contributed by atoms with Crippen LogP contribution < -0.4 is 10.1 Å². The Kier molecular flexibility index (Phi) is 3.49. The molecule has 0 saturated carbocycles. The molecule has 2 aromatic rings. The lowest BCUT2D eigenvalue weighted by Crippen LogP contribution is -2.23. The average molecular weight is 251 g/mol. The second-order valence-electron chi connectivity index (χ2n) is 3.58. The lowest BCUT2D eigenvalue weighted by molar-refractivity contribution is 0.194. The number of fused-ring (bicyclic) bond motifs is 1. The highest BCUT2D eigenvalue weighted by atomic mass is 32.1. The van der Waals surface area contributed by atoms with E-state index in [1.807, 2.05) is 18.2 Å². The number of rotatable bonds is 4. The molecule has 0 aliphatic heterocycles. The van der Waals surface area contributed by atoms with Crippen LogP contribution in [0, 0.1) is 0 Å². The zero-order valence-electron chi connectivity index (χ0n) is 9.40. The van der Waals surface area contributed by atoms with E-state index in [4.69, 9.17) is 9.84 Å². The van der Waals surface area contributed by atoms with Crippen molar-refractivity contribution in [1.82, 2.24) is 5.32 Å². The normalized spacial score (nSPS) is 10.4. The van der Waals surface area contributed by atoms with Crippen molar-refractivity contribution in [2.45, 2.75) is 6.42 Å². The summed E-state index contributed by atoms with van der Waals surface area (Å²) in [7, 11) is 1.65. The summed E-state index contributed by atoms with van der Waals surface area (Å²) in [6, 6.07) is 5.91. The Bertz CT molecular complexity index is 536. The van der Waals surface area contributed by atoms with Crippen molar-refractivity contribution in [1.29, 1.82) is 0 Å². The van der Waals surface area contributed by atoms with Gasteiger partial charge in [0.1, 0.15) is 5.75 Å². The Morgan fingerprint density at radius 2 is 2.35 bits per heavy atom. The third-order valence-corrected chi connectivity index (χ3v) is 3.59. The monoisotopic (exact) mass is 251 g/mol. The van der Waals surface area contributed by atoms with Crippen molar-refractivity contribution in [3.05, 3.63) is 29.1 Å². The minimum absolute atomic E-state index is 0.429. The van der Waals surface area contributed by atoms with E-state index in [0.29, 0.717) is 13.0 Å². The van der Waals surface area contributed by atoms with Gasteiger partial charge in [-0.05, 0) is 28.8 Å². The molecule has 1 aromatic carbocycles. The van der Waals surface area contributed by atoms with E-state index in [-0.39, 0.29) is 0 Å². The Labute approximate surface area is 103 Å². The number of carbonyl (C=O) groups is 1. The standard InChI is InChI=1S/C12H13NO3S/c1-16-10-4-2-3-9-8(7-17-11(9)10)5-6-13-12(14)15/h2-4,7,13H,5-6H2,1H3,(H,14,15). The highest BCUT2D eigenvalue weighted by molar-refractivity contribution is 7.17. The number of carboxylic acid groups (broad SMARTS) is 1. The molecule has 90 valence electrons. The molecule has 0 spiro atoms. The average Bonchev–Trinajstić information content (AvgIpc) is 2.72. The zero-order valence-corrected chi connectivity index (χ0v) is 10.2. The molecule has 1 aromatic heterocycles. The number of benzene rings is 1. The zero-order chi connectivity index (χ0) is 12.3. The molecule has 5 heteroatoms. The van der Waals surface area contributed by atoms with Gasteiger partial charge in [0.05, 0.1) is 11.8 Å². The lowest BCUT2D eigenvalue weighted by atomic mass is 10.1. The van der Waals surface area contributed by atoms with Gasteiger partial charge in [0.2, 0.25) is 0 Å². The minimum Gasteiger partial charge on any atom is -0.495 e. The van der Waals surface area contributed by atoms with Crippen molar-refractivity contribution >= 4 is 27.5 Å². The molecule has 0 bridgehead atoms. The third-order valence-electron chi connectivity index (χ3n) is 2.53. The molecule has 0 saturated heterocycles. The second-order valence-corrected chi connectivity index (χ2v) is 4.46. The fourth-order valence-corrected chi connectivity index (χ4v) is 2.84. The van der Waals surface area contributed by atoms with Crippen LogP contribution in [0.5, 0.6) is 5.75 Å². The molecule has 2 rings (SSSR count). The highest BCUT2D eigenvalue weighted by Crippen LogP contribution is 2.33. The SMILES string of the molecule is COc1cccc2c(CCNC(=O)O)csc12. The van der Waals surface area contributed by atoms with E-state index in [2.05, 4.69) is 10.7 Å². The van der Waals surface area contributed by atoms with Gasteiger partial charge < -0.3 is 15.2 Å². The predicted octanol–water partition coefficient (Wildman–Crippen LogP) is 2.72. The van der Waals surface area contributed by atoms with E-state index in [9.17, 15) is 4.79 Å². The summed E-state index contributed by atoms with van der Waals surface area (Å²) in [6.07, 6.45) is -0.290. The van der Waals surface area contributed by atoms with Crippen LogP contribution in [-0.4, -0.2) is 24.9 Å². The number of ether oxygens (including phenoxy) is 1. The van der Waals surface area contributed by atoms with Gasteiger partial charge in [-0.3, -0.25) is 0 Å². The molecule has 0 aliphatic carbocycles. The predicted molar refractivity (Wildman–Crippen MR) is 68.1 cm³/mol. The molecule has 17 heavy (non-hydrogen) atoms. The molecular formula is C12H13NO3S. The molecule has 0 unspecified atom stereocenters. The number of thiophene rings is 1. The Morgan fingerprint density at radius 1 is 1.53 bits per heavy atom. The molecule has 0 atom stereocenters. The van der Waals surface area contributed by atoms with Crippen molar-refractivity contribution in [3.63, 3.8) is 0 Å². The van der Waals surface area contributed by atoms with Gasteiger partial charge in [-0.25, -0.2) is 4.79 Å². The van der Waals surface area contributed by atoms with Crippen LogP contribution in [0.15, 0.2) is 23.6 Å². The van der Waals surface area contributed by atoms with Crippen LogP contribution in [0.25, 0.3) is 10.1 Å². The maximum Gasteiger partial charge on any atom is 0.404 e. The molecule has 1 amide bonds. The summed E-state index contributed by atoms with van der Waals surface area (Å²) >= 11 is 1.62. The van der Waals surface area contributed by atoms with Crippen molar-refractivity contribution in [3.8, 4) is 5.75 Å². The first kappa shape index (κ1) is 11.7. The van der Waals surface area contributed by atoms with E-state index in [0.717, 1.165) is 21.4 Å². The van der Waals surface area contributed by atoms with Gasteiger partial charge >= 0.3 is 6.09 Å². The molecule has 2 N–H and O–H groups in total. The first-order valence-electron chi connectivity index (χ1n) is 5.22. The second kappa shape index (κ2) is 5.05. The van der Waals surface area contributed by atoms with Crippen LogP contribution in [0.3, 0.4) is 0 Å². The number of nitrogens with one attached hydrogen (secondary N) is 1. The van der Waals surface area contributed by atoms with Crippen molar-refractivity contribution in [2.75, 3.05) is 13.7 Å². The van der Waals surface area contributed by atoms with Crippen LogP contribution >= 0.6 is 11.3 Å². The Hall–Kier alpha value is -1.75. The quantitative estimate of drug-likeness (QED) is 0.878. The summed E-state index contributed by atoms with van der Waals surface area (Å²) in [5.41, 5.74) is 1.15. The van der Waals surface area contributed by atoms with E-state index >= 15 is 0 Å². The van der Waals surface area contributed by atoms with E-state index in [1.54, 1.807) is 18.4 Å². The number of hydrogen-bond donors (Lipinski definition) is 2. The van der Waals surface area contributed by atoms with Crippen LogP contribution in [0.4, 0.5) is 4.79 Å². The minimum atomic E-state index is -0.984. The summed E-state index contributed by atoms with van der Waals surface area (Å²) in [6.45, 7) is 0.429. The lowest BCUT2D eigenvalue weighted by Gasteiger charge is -2.02. The van der Waals surface area contributed by atoms with Crippen molar-refractivity contribution < 1.29 is 14.6 Å². The van der Waals surface area contributed by atoms with E-state index < -0.39 is 6.09 Å². The molecule has 0 aliphatic rings. The maximum atomic E-state index is 10.4. The smallest absolute Gasteiger partial charge is 0.404 e. The van der Waals surface area contributed by atoms with Gasteiger partial charge in [-0.2, -0.15) is 0 Å². The topological polar surface area (TPSA) is 58.6 Å². The number of hydrogen-bond acceptors (Lipinski definition) is 3. The van der Waals surface area contributed by atoms with Gasteiger partial charge in [0.25, 0.3) is 0 Å². The molecule has 0 fully saturated rings. The number of methoxy groups -OCH3 is 1. The summed E-state index contributed by atoms with van der Waals surface area (Å²) in [5.74, 6) is 0.866. The Balaban J connectivity index is 2.21. The van der Waals surface area contributed by atoms with Crippen LogP contribution in [0.1, 0.15) is 5.56 Å². The fraction of sp³-hybridized carbons (Fsp3) is 0.250. The summed E-state index contributed by atoms with van der Waals surface area (Å²) < 4.78 is 6.40. The van der Waals surface area contributed by atoms with Crippen molar-refractivity contribution in [2.24, 2.45) is 0 Å². The van der Waals surface area contributed by atoms with Gasteiger partial charge in [-0.15, -0.1) is 11.3 Å². The summed E-state index contributed by atoms with van der Waals surface area (Å²) in [4.78, 5) is 10.4. The molecule has 1 heterocycles.